The summed E-state index contributed by atoms with van der Waals surface area (Å²) in [5.74, 6) is 0. The molecule has 0 N–H and O–H groups in total. The van der Waals surface area contributed by atoms with Crippen LogP contribution in [0.1, 0.15) is 34.6 Å². The average molecular weight is 174 g/mol. The van der Waals surface area contributed by atoms with E-state index in [4.69, 9.17) is 0 Å². The van der Waals surface area contributed by atoms with Crippen LogP contribution in [0, 0.1) is 0 Å². The fourth-order valence-electron chi connectivity index (χ4n) is 0.279. The van der Waals surface area contributed by atoms with Crippen molar-refractivity contribution in [2.45, 2.75) is 39.9 Å². The summed E-state index contributed by atoms with van der Waals surface area (Å²) in [5.41, 5.74) is 0. The van der Waals surface area contributed by atoms with E-state index in [0.717, 1.165) is 0 Å². The molecule has 0 radical (unpaired) electrons. The molecule has 11 heavy (non-hydrogen) atoms. The van der Waals surface area contributed by atoms with E-state index in [1.165, 1.54) is 0 Å². The van der Waals surface area contributed by atoms with E-state index in [2.05, 4.69) is 19.2 Å². The number of hydrogen-bond donors (Lipinski definition) is 1. The van der Waals surface area contributed by atoms with E-state index in [9.17, 15) is 0 Å². The Hall–Kier alpha value is -0.170. The monoisotopic (exact) mass is 174 g/mol. The van der Waals surface area contributed by atoms with Crippen molar-refractivity contribution >= 4 is 12.6 Å². The fourth-order valence-corrected chi connectivity index (χ4v) is 0.451. The first-order valence-corrected chi connectivity index (χ1v) is 4.58. The van der Waals surface area contributed by atoms with Crippen molar-refractivity contribution in [3.63, 3.8) is 0 Å². The van der Waals surface area contributed by atoms with Crippen molar-refractivity contribution in [3.05, 3.63) is 24.8 Å². The Morgan fingerprint density at radius 1 is 1.27 bits per heavy atom. The first-order chi connectivity index (χ1) is 5.18. The largest absolute Gasteiger partial charge is 0.172 e. The summed E-state index contributed by atoms with van der Waals surface area (Å²) in [6, 6.07) is 0. The highest BCUT2D eigenvalue weighted by molar-refractivity contribution is 7.81. The van der Waals surface area contributed by atoms with E-state index >= 15 is 0 Å². The molecule has 0 aromatic rings. The minimum atomic E-state index is 0.412. The second-order valence-electron chi connectivity index (χ2n) is 1.67. The van der Waals surface area contributed by atoms with Crippen molar-refractivity contribution in [1.82, 2.24) is 0 Å². The van der Waals surface area contributed by atoms with Gasteiger partial charge < -0.3 is 0 Å². The van der Waals surface area contributed by atoms with Crippen LogP contribution >= 0.6 is 12.6 Å². The zero-order valence-corrected chi connectivity index (χ0v) is 9.36. The summed E-state index contributed by atoms with van der Waals surface area (Å²) in [7, 11) is 0. The maximum Gasteiger partial charge on any atom is 0.0168 e. The summed E-state index contributed by atoms with van der Waals surface area (Å²) < 4.78 is 0. The maximum absolute atomic E-state index is 4.09. The lowest BCUT2D eigenvalue weighted by Crippen LogP contribution is -1.77. The quantitative estimate of drug-likeness (QED) is 0.449. The molecular formula is C10H22S. The number of thiol groups is 1. The van der Waals surface area contributed by atoms with Crippen LogP contribution in [0.15, 0.2) is 24.8 Å². The molecule has 0 aliphatic rings. The second-order valence-corrected chi connectivity index (χ2v) is 2.49. The predicted octanol–water partition coefficient (Wildman–Crippen LogP) is 4.10. The lowest BCUT2D eigenvalue weighted by molar-refractivity contribution is 1.25. The smallest absolute Gasteiger partial charge is 0.0168 e. The minimum Gasteiger partial charge on any atom is -0.172 e. The molecule has 1 heteroatoms. The van der Waals surface area contributed by atoms with Gasteiger partial charge in [0.25, 0.3) is 0 Å². The van der Waals surface area contributed by atoms with Gasteiger partial charge in [0.2, 0.25) is 0 Å². The van der Waals surface area contributed by atoms with Crippen LogP contribution < -0.4 is 0 Å². The highest BCUT2D eigenvalue weighted by atomic mass is 32.1. The molecule has 0 fully saturated rings. The molecule has 0 amide bonds. The third-order valence-corrected chi connectivity index (χ3v) is 0.643. The number of allylic oxidation sites excluding steroid dienone is 2. The molecule has 68 valence electrons. The predicted molar refractivity (Wildman–Crippen MR) is 60.5 cm³/mol. The zero-order valence-electron chi connectivity index (χ0n) is 8.46. The van der Waals surface area contributed by atoms with Gasteiger partial charge in [-0.25, -0.2) is 0 Å². The molecule has 0 bridgehead atoms. The summed E-state index contributed by atoms with van der Waals surface area (Å²) in [4.78, 5) is 0. The van der Waals surface area contributed by atoms with E-state index in [0.29, 0.717) is 5.25 Å². The lowest BCUT2D eigenvalue weighted by Gasteiger charge is -1.86. The van der Waals surface area contributed by atoms with Gasteiger partial charge in [0.1, 0.15) is 0 Å². The molecule has 0 heterocycles. The molecule has 0 aliphatic carbocycles. The maximum atomic E-state index is 4.09. The standard InChI is InChI=1S/C5H10S.C3H6.C2H6/c1-3-4-5(2)6;1-3-2;1-2/h3-6H,1-2H3;3H,1H2,2H3;1-2H3/b4-3-;;. The summed E-state index contributed by atoms with van der Waals surface area (Å²) >= 11 is 4.09. The van der Waals surface area contributed by atoms with Gasteiger partial charge in [-0.15, -0.1) is 6.58 Å². The Bertz CT molecular complexity index is 72.9. The Morgan fingerprint density at radius 3 is 1.55 bits per heavy atom. The summed E-state index contributed by atoms with van der Waals surface area (Å²) in [6.07, 6.45) is 5.78. The molecular weight excluding hydrogens is 152 g/mol. The molecule has 1 unspecified atom stereocenters. The molecule has 0 saturated heterocycles. The van der Waals surface area contributed by atoms with Crippen LogP contribution in [0.5, 0.6) is 0 Å². The Labute approximate surface area is 77.8 Å². The highest BCUT2D eigenvalue weighted by Crippen LogP contribution is 1.91. The number of hydrogen-bond acceptors (Lipinski definition) is 1. The minimum absolute atomic E-state index is 0.412. The third kappa shape index (κ3) is 75.2. The number of rotatable bonds is 1. The van der Waals surface area contributed by atoms with Gasteiger partial charge in [0, 0.05) is 5.25 Å². The Kier molecular flexibility index (Phi) is 35.0. The molecule has 0 aromatic carbocycles. The Morgan fingerprint density at radius 2 is 1.55 bits per heavy atom. The van der Waals surface area contributed by atoms with E-state index in [-0.39, 0.29) is 0 Å². The van der Waals surface area contributed by atoms with Crippen molar-refractivity contribution in [3.8, 4) is 0 Å². The average Bonchev–Trinajstić information content (AvgIpc) is 1.93. The van der Waals surface area contributed by atoms with Crippen molar-refractivity contribution in [2.75, 3.05) is 0 Å². The normalized spacial score (nSPS) is 10.4. The van der Waals surface area contributed by atoms with Crippen LogP contribution in [-0.2, 0) is 0 Å². The van der Waals surface area contributed by atoms with Gasteiger partial charge in [-0.05, 0) is 13.8 Å². The van der Waals surface area contributed by atoms with Gasteiger partial charge in [-0.3, -0.25) is 0 Å². The topological polar surface area (TPSA) is 0 Å². The fraction of sp³-hybridized carbons (Fsp3) is 0.600. The van der Waals surface area contributed by atoms with Gasteiger partial charge in [0.05, 0.1) is 0 Å². The van der Waals surface area contributed by atoms with E-state index in [1.54, 1.807) is 6.08 Å². The van der Waals surface area contributed by atoms with Gasteiger partial charge >= 0.3 is 0 Å². The Balaban J connectivity index is -0.000000109. The molecule has 0 spiro atoms. The molecule has 0 aromatic heterocycles. The van der Waals surface area contributed by atoms with Gasteiger partial charge in [-0.1, -0.05) is 39.0 Å². The van der Waals surface area contributed by atoms with Crippen LogP contribution in [-0.4, -0.2) is 5.25 Å². The summed E-state index contributed by atoms with van der Waals surface area (Å²) in [5, 5.41) is 0.412. The van der Waals surface area contributed by atoms with Crippen molar-refractivity contribution in [2.24, 2.45) is 0 Å². The molecule has 0 saturated carbocycles. The zero-order chi connectivity index (χ0) is 9.70. The molecule has 1 atom stereocenters. The van der Waals surface area contributed by atoms with Crippen LogP contribution in [0.3, 0.4) is 0 Å². The van der Waals surface area contributed by atoms with E-state index in [1.807, 2.05) is 46.8 Å². The summed E-state index contributed by atoms with van der Waals surface area (Å²) in [6.45, 7) is 13.3. The molecule has 0 aliphatic heterocycles. The first-order valence-electron chi connectivity index (χ1n) is 4.07. The second kappa shape index (κ2) is 22.5. The van der Waals surface area contributed by atoms with Crippen molar-refractivity contribution in [1.29, 1.82) is 0 Å². The third-order valence-electron chi connectivity index (χ3n) is 0.471. The van der Waals surface area contributed by atoms with Crippen LogP contribution in [0.4, 0.5) is 0 Å². The highest BCUT2D eigenvalue weighted by Gasteiger charge is 1.77. The van der Waals surface area contributed by atoms with Crippen LogP contribution in [0.2, 0.25) is 0 Å². The van der Waals surface area contributed by atoms with E-state index < -0.39 is 0 Å². The first kappa shape index (κ1) is 17.1. The van der Waals surface area contributed by atoms with Crippen molar-refractivity contribution < 1.29 is 0 Å². The van der Waals surface area contributed by atoms with Gasteiger partial charge in [0.15, 0.2) is 0 Å². The van der Waals surface area contributed by atoms with Crippen LogP contribution in [0.25, 0.3) is 0 Å². The molecule has 0 nitrogen and oxygen atoms in total. The SMILES string of the molecule is C/C=C\C(C)S.C=CC.CC. The molecule has 0 rings (SSSR count). The van der Waals surface area contributed by atoms with Gasteiger partial charge in [-0.2, -0.15) is 12.6 Å². The lowest BCUT2D eigenvalue weighted by atomic mass is 10.4.